The quantitative estimate of drug-likeness (QED) is 0.694. The number of pyridine rings is 1. The van der Waals surface area contributed by atoms with E-state index in [9.17, 15) is 5.11 Å². The lowest BCUT2D eigenvalue weighted by molar-refractivity contribution is 0.146. The third kappa shape index (κ3) is 1.45. The first kappa shape index (κ1) is 8.97. The average Bonchev–Trinajstić information content (AvgIpc) is 2.12. The van der Waals surface area contributed by atoms with E-state index in [4.69, 9.17) is 11.6 Å². The van der Waals surface area contributed by atoms with E-state index in [1.54, 1.807) is 12.3 Å². The molecule has 2 atom stereocenters. The van der Waals surface area contributed by atoms with E-state index in [1.807, 2.05) is 0 Å². The molecule has 0 aliphatic heterocycles. The van der Waals surface area contributed by atoms with Crippen molar-refractivity contribution in [3.8, 4) is 0 Å². The normalized spacial score (nSPS) is 27.0. The second-order valence-electron chi connectivity index (χ2n) is 3.59. The Morgan fingerprint density at radius 3 is 3.00 bits per heavy atom. The van der Waals surface area contributed by atoms with Crippen LogP contribution < -0.4 is 0 Å². The largest absolute Gasteiger partial charge is 0.387 e. The number of hydrogen-bond acceptors (Lipinski definition) is 2. The lowest BCUT2D eigenvalue weighted by atomic mass is 9.85. The molecule has 70 valence electrons. The van der Waals surface area contributed by atoms with Crippen molar-refractivity contribution in [3.63, 3.8) is 0 Å². The van der Waals surface area contributed by atoms with Crippen LogP contribution in [0.15, 0.2) is 12.3 Å². The van der Waals surface area contributed by atoms with Gasteiger partial charge in [-0.05, 0) is 30.4 Å². The molecule has 0 fully saturated rings. The number of fused-ring (bicyclic) bond motifs is 1. The number of aliphatic hydroxyl groups is 1. The number of nitrogens with zero attached hydrogens (tertiary/aromatic N) is 1. The Bertz CT molecular complexity index is 327. The Morgan fingerprint density at radius 2 is 2.31 bits per heavy atom. The maximum atomic E-state index is 9.68. The standard InChI is InChI=1S/C10H12ClNO/c1-6-2-3-8(13)10-9(6)7(11)4-5-12-10/h4-6,8,13H,2-3H2,1H3. The molecule has 1 heterocycles. The Morgan fingerprint density at radius 1 is 1.54 bits per heavy atom. The first-order valence-electron chi connectivity index (χ1n) is 4.52. The van der Waals surface area contributed by atoms with Crippen molar-refractivity contribution in [2.75, 3.05) is 0 Å². The van der Waals surface area contributed by atoms with Crippen LogP contribution in [0.4, 0.5) is 0 Å². The van der Waals surface area contributed by atoms with Crippen LogP contribution in [0.5, 0.6) is 0 Å². The van der Waals surface area contributed by atoms with Crippen LogP contribution in [-0.4, -0.2) is 10.1 Å². The van der Waals surface area contributed by atoms with E-state index in [0.717, 1.165) is 29.1 Å². The van der Waals surface area contributed by atoms with E-state index in [1.165, 1.54) is 0 Å². The predicted molar refractivity (Wildman–Crippen MR) is 51.9 cm³/mol. The summed E-state index contributed by atoms with van der Waals surface area (Å²) in [6, 6.07) is 1.79. The van der Waals surface area contributed by atoms with Crippen molar-refractivity contribution in [2.24, 2.45) is 0 Å². The molecule has 1 aromatic heterocycles. The molecule has 3 heteroatoms. The van der Waals surface area contributed by atoms with Gasteiger partial charge in [-0.1, -0.05) is 18.5 Å². The number of hydrogen-bond donors (Lipinski definition) is 1. The van der Waals surface area contributed by atoms with Crippen LogP contribution in [0, 0.1) is 0 Å². The van der Waals surface area contributed by atoms with Crippen LogP contribution >= 0.6 is 11.6 Å². The van der Waals surface area contributed by atoms with Crippen molar-refractivity contribution < 1.29 is 5.11 Å². The molecule has 0 bridgehead atoms. The molecule has 1 aromatic rings. The lowest BCUT2D eigenvalue weighted by Gasteiger charge is -2.26. The van der Waals surface area contributed by atoms with Crippen LogP contribution in [0.25, 0.3) is 0 Å². The molecule has 2 unspecified atom stereocenters. The first-order valence-corrected chi connectivity index (χ1v) is 4.90. The van der Waals surface area contributed by atoms with Gasteiger partial charge in [-0.3, -0.25) is 4.98 Å². The van der Waals surface area contributed by atoms with Gasteiger partial charge in [-0.25, -0.2) is 0 Å². The van der Waals surface area contributed by atoms with Gasteiger partial charge in [-0.15, -0.1) is 0 Å². The number of aliphatic hydroxyl groups excluding tert-OH is 1. The van der Waals surface area contributed by atoms with Crippen molar-refractivity contribution in [2.45, 2.75) is 31.8 Å². The summed E-state index contributed by atoms with van der Waals surface area (Å²) in [7, 11) is 0. The van der Waals surface area contributed by atoms with E-state index in [0.29, 0.717) is 5.92 Å². The van der Waals surface area contributed by atoms with Gasteiger partial charge in [0.2, 0.25) is 0 Å². The van der Waals surface area contributed by atoms with E-state index < -0.39 is 6.10 Å². The maximum Gasteiger partial charge on any atom is 0.0963 e. The van der Waals surface area contributed by atoms with Gasteiger partial charge in [0, 0.05) is 11.2 Å². The highest BCUT2D eigenvalue weighted by molar-refractivity contribution is 6.31. The monoisotopic (exact) mass is 197 g/mol. The van der Waals surface area contributed by atoms with E-state index in [-0.39, 0.29) is 0 Å². The number of aromatic nitrogens is 1. The predicted octanol–water partition coefficient (Wildman–Crippen LogP) is 2.67. The van der Waals surface area contributed by atoms with Crippen LogP contribution in [-0.2, 0) is 0 Å². The molecule has 0 spiro atoms. The van der Waals surface area contributed by atoms with Crippen molar-refractivity contribution in [1.29, 1.82) is 0 Å². The van der Waals surface area contributed by atoms with Gasteiger partial charge in [0.05, 0.1) is 11.8 Å². The summed E-state index contributed by atoms with van der Waals surface area (Å²) >= 11 is 6.05. The van der Waals surface area contributed by atoms with Gasteiger partial charge in [0.25, 0.3) is 0 Å². The third-order valence-electron chi connectivity index (χ3n) is 2.65. The SMILES string of the molecule is CC1CCC(O)c2nccc(Cl)c21. The molecule has 0 amide bonds. The highest BCUT2D eigenvalue weighted by atomic mass is 35.5. The Kier molecular flexibility index (Phi) is 2.26. The summed E-state index contributed by atoms with van der Waals surface area (Å²) in [4.78, 5) is 4.18. The zero-order chi connectivity index (χ0) is 9.42. The minimum absolute atomic E-state index is 0.416. The van der Waals surface area contributed by atoms with Crippen molar-refractivity contribution >= 4 is 11.6 Å². The van der Waals surface area contributed by atoms with Gasteiger partial charge in [0.1, 0.15) is 0 Å². The highest BCUT2D eigenvalue weighted by Crippen LogP contribution is 2.39. The Balaban J connectivity index is 2.56. The summed E-state index contributed by atoms with van der Waals surface area (Å²) in [5, 5.41) is 10.4. The summed E-state index contributed by atoms with van der Waals surface area (Å²) in [5.41, 5.74) is 1.80. The zero-order valence-corrected chi connectivity index (χ0v) is 8.25. The molecule has 2 rings (SSSR count). The molecule has 0 saturated heterocycles. The Hall–Kier alpha value is -0.600. The number of halogens is 1. The molecule has 1 N–H and O–H groups in total. The zero-order valence-electron chi connectivity index (χ0n) is 7.50. The minimum atomic E-state index is -0.426. The molecule has 1 aliphatic carbocycles. The second kappa shape index (κ2) is 3.28. The van der Waals surface area contributed by atoms with Crippen LogP contribution in [0.1, 0.15) is 43.0 Å². The molecule has 0 aromatic carbocycles. The topological polar surface area (TPSA) is 33.1 Å². The Labute approximate surface area is 82.6 Å². The van der Waals surface area contributed by atoms with Crippen LogP contribution in [0.2, 0.25) is 5.02 Å². The van der Waals surface area contributed by atoms with Crippen molar-refractivity contribution in [1.82, 2.24) is 4.98 Å². The van der Waals surface area contributed by atoms with E-state index >= 15 is 0 Å². The molecule has 0 radical (unpaired) electrons. The molecule has 13 heavy (non-hydrogen) atoms. The minimum Gasteiger partial charge on any atom is -0.387 e. The molecule has 2 nitrogen and oxygen atoms in total. The highest BCUT2D eigenvalue weighted by Gasteiger charge is 2.26. The lowest BCUT2D eigenvalue weighted by Crippen LogP contribution is -2.14. The van der Waals surface area contributed by atoms with Gasteiger partial charge >= 0.3 is 0 Å². The van der Waals surface area contributed by atoms with Gasteiger partial charge in [0.15, 0.2) is 0 Å². The van der Waals surface area contributed by atoms with Gasteiger partial charge in [-0.2, -0.15) is 0 Å². The molecule has 0 saturated carbocycles. The maximum absolute atomic E-state index is 9.68. The summed E-state index contributed by atoms with van der Waals surface area (Å²) < 4.78 is 0. The van der Waals surface area contributed by atoms with Crippen LogP contribution in [0.3, 0.4) is 0 Å². The number of rotatable bonds is 0. The fraction of sp³-hybridized carbons (Fsp3) is 0.500. The molecule has 1 aliphatic rings. The second-order valence-corrected chi connectivity index (χ2v) is 3.99. The first-order chi connectivity index (χ1) is 6.20. The molecular weight excluding hydrogens is 186 g/mol. The summed E-state index contributed by atoms with van der Waals surface area (Å²) in [6.45, 7) is 2.12. The molecular formula is C10H12ClNO. The fourth-order valence-corrected chi connectivity index (χ4v) is 2.25. The van der Waals surface area contributed by atoms with Crippen molar-refractivity contribution in [3.05, 3.63) is 28.5 Å². The summed E-state index contributed by atoms with van der Waals surface area (Å²) in [5.74, 6) is 0.416. The summed E-state index contributed by atoms with van der Waals surface area (Å²) in [6.07, 6.45) is 3.01. The van der Waals surface area contributed by atoms with Gasteiger partial charge < -0.3 is 5.11 Å². The average molecular weight is 198 g/mol. The smallest absolute Gasteiger partial charge is 0.0963 e. The van der Waals surface area contributed by atoms with E-state index in [2.05, 4.69) is 11.9 Å². The fourth-order valence-electron chi connectivity index (χ4n) is 1.91. The third-order valence-corrected chi connectivity index (χ3v) is 2.98.